The van der Waals surface area contributed by atoms with Crippen LogP contribution in [0.25, 0.3) is 11.3 Å². The smallest absolute Gasteiger partial charge is 0.374 e. The Hall–Kier alpha value is -2.34. The Morgan fingerprint density at radius 2 is 2.25 bits per heavy atom. The average Bonchev–Trinajstić information content (AvgIpc) is 2.87. The minimum Gasteiger partial charge on any atom is -0.488 e. The first kappa shape index (κ1) is 12.7. The van der Waals surface area contributed by atoms with Crippen molar-refractivity contribution in [2.75, 3.05) is 20.1 Å². The predicted octanol–water partition coefficient (Wildman–Crippen LogP) is 1.73. The molecule has 104 valence electrons. The van der Waals surface area contributed by atoms with Gasteiger partial charge in [0.1, 0.15) is 17.5 Å². The van der Waals surface area contributed by atoms with Gasteiger partial charge in [-0.1, -0.05) is 17.3 Å². The van der Waals surface area contributed by atoms with Gasteiger partial charge in [-0.05, 0) is 19.2 Å². The van der Waals surface area contributed by atoms with E-state index in [1.807, 2.05) is 31.3 Å². The molecule has 0 saturated carbocycles. The lowest BCUT2D eigenvalue weighted by Crippen LogP contribution is -2.51. The first-order valence-electron chi connectivity index (χ1n) is 6.27. The lowest BCUT2D eigenvalue weighted by molar-refractivity contribution is 0.0388. The van der Waals surface area contributed by atoms with Crippen molar-refractivity contribution in [1.29, 1.82) is 0 Å². The van der Waals surface area contributed by atoms with Gasteiger partial charge in [0.15, 0.2) is 0 Å². The molecular formula is C14H14N2O4. The van der Waals surface area contributed by atoms with E-state index < -0.39 is 5.97 Å². The van der Waals surface area contributed by atoms with Crippen molar-refractivity contribution >= 4 is 5.97 Å². The number of hydrogen-bond acceptors (Lipinski definition) is 5. The molecule has 2 heterocycles. The fraction of sp³-hybridized carbons (Fsp3) is 0.286. The average molecular weight is 274 g/mol. The Kier molecular flexibility index (Phi) is 3.15. The molecule has 0 unspecified atom stereocenters. The van der Waals surface area contributed by atoms with E-state index >= 15 is 0 Å². The first-order valence-corrected chi connectivity index (χ1v) is 6.27. The number of rotatable bonds is 4. The summed E-state index contributed by atoms with van der Waals surface area (Å²) in [5.41, 5.74) is 1.25. The van der Waals surface area contributed by atoms with Crippen LogP contribution in [-0.2, 0) is 0 Å². The highest BCUT2D eigenvalue weighted by Gasteiger charge is 2.24. The van der Waals surface area contributed by atoms with Gasteiger partial charge in [-0.25, -0.2) is 4.79 Å². The minimum absolute atomic E-state index is 0.174. The van der Waals surface area contributed by atoms with Gasteiger partial charge in [-0.2, -0.15) is 0 Å². The number of aromatic carboxylic acids is 1. The van der Waals surface area contributed by atoms with Gasteiger partial charge in [0.2, 0.25) is 5.76 Å². The van der Waals surface area contributed by atoms with Crippen LogP contribution in [0.5, 0.6) is 5.75 Å². The molecule has 6 nitrogen and oxygen atoms in total. The Labute approximate surface area is 115 Å². The minimum atomic E-state index is -1.13. The van der Waals surface area contributed by atoms with Crippen LogP contribution < -0.4 is 4.74 Å². The zero-order valence-electron chi connectivity index (χ0n) is 10.9. The molecule has 6 heteroatoms. The molecule has 1 N–H and O–H groups in total. The van der Waals surface area contributed by atoms with Crippen LogP contribution in [-0.4, -0.2) is 47.4 Å². The molecule has 0 spiro atoms. The number of ether oxygens (including phenoxy) is 1. The van der Waals surface area contributed by atoms with Gasteiger partial charge < -0.3 is 14.4 Å². The standard InChI is InChI=1S/C14H14N2O4/c1-16-7-11(8-16)19-10-4-2-3-9(5-10)12-6-13(14(17)18)20-15-12/h2-6,11H,7-8H2,1H3,(H,17,18). The molecular weight excluding hydrogens is 260 g/mol. The molecule has 1 aliphatic rings. The fourth-order valence-corrected chi connectivity index (χ4v) is 2.15. The number of likely N-dealkylation sites (N-methyl/N-ethyl adjacent to an activating group) is 1. The van der Waals surface area contributed by atoms with Crippen LogP contribution in [0.1, 0.15) is 10.6 Å². The normalized spacial score (nSPS) is 15.8. The Balaban J connectivity index is 1.77. The van der Waals surface area contributed by atoms with Crippen molar-refractivity contribution in [2.45, 2.75) is 6.10 Å². The molecule has 3 rings (SSSR count). The summed E-state index contributed by atoms with van der Waals surface area (Å²) >= 11 is 0. The summed E-state index contributed by atoms with van der Waals surface area (Å²) in [6.45, 7) is 1.83. The highest BCUT2D eigenvalue weighted by atomic mass is 16.5. The van der Waals surface area contributed by atoms with Gasteiger partial charge in [-0.15, -0.1) is 0 Å². The molecule has 0 bridgehead atoms. The quantitative estimate of drug-likeness (QED) is 0.915. The third-order valence-electron chi connectivity index (χ3n) is 3.18. The lowest BCUT2D eigenvalue weighted by atomic mass is 10.1. The molecule has 1 aliphatic heterocycles. The van der Waals surface area contributed by atoms with Crippen LogP contribution in [0.4, 0.5) is 0 Å². The number of benzene rings is 1. The third-order valence-corrected chi connectivity index (χ3v) is 3.18. The SMILES string of the molecule is CN1CC(Oc2cccc(-c3cc(C(=O)O)on3)c2)C1. The van der Waals surface area contributed by atoms with Crippen LogP contribution >= 0.6 is 0 Å². The van der Waals surface area contributed by atoms with E-state index in [1.165, 1.54) is 6.07 Å². The van der Waals surface area contributed by atoms with Crippen LogP contribution in [0.15, 0.2) is 34.9 Å². The van der Waals surface area contributed by atoms with E-state index in [0.29, 0.717) is 5.69 Å². The van der Waals surface area contributed by atoms with E-state index in [0.717, 1.165) is 24.4 Å². The topological polar surface area (TPSA) is 75.8 Å². The van der Waals surface area contributed by atoms with Gasteiger partial charge >= 0.3 is 5.97 Å². The number of hydrogen-bond donors (Lipinski definition) is 1. The Morgan fingerprint density at radius 3 is 2.90 bits per heavy atom. The van der Waals surface area contributed by atoms with Crippen molar-refractivity contribution in [1.82, 2.24) is 10.1 Å². The maximum Gasteiger partial charge on any atom is 0.374 e. The number of carboxylic acids is 1. The summed E-state index contributed by atoms with van der Waals surface area (Å²) in [6.07, 6.45) is 0.210. The monoisotopic (exact) mass is 274 g/mol. The van der Waals surface area contributed by atoms with E-state index in [1.54, 1.807) is 0 Å². The fourth-order valence-electron chi connectivity index (χ4n) is 2.15. The first-order chi connectivity index (χ1) is 9.61. The molecule has 1 aromatic carbocycles. The maximum atomic E-state index is 10.8. The van der Waals surface area contributed by atoms with Gasteiger partial charge in [0, 0.05) is 24.7 Å². The lowest BCUT2D eigenvalue weighted by Gasteiger charge is -2.36. The largest absolute Gasteiger partial charge is 0.488 e. The summed E-state index contributed by atoms with van der Waals surface area (Å²) in [4.78, 5) is 12.9. The van der Waals surface area contributed by atoms with Crippen LogP contribution in [0, 0.1) is 0 Å². The number of nitrogens with zero attached hydrogens (tertiary/aromatic N) is 2. The van der Waals surface area contributed by atoms with Gasteiger partial charge in [0.25, 0.3) is 0 Å². The Morgan fingerprint density at radius 1 is 1.45 bits per heavy atom. The van der Waals surface area contributed by atoms with E-state index in [9.17, 15) is 4.79 Å². The number of likely N-dealkylation sites (tertiary alicyclic amines) is 1. The van der Waals surface area contributed by atoms with E-state index in [-0.39, 0.29) is 11.9 Å². The van der Waals surface area contributed by atoms with Crippen molar-refractivity contribution in [3.63, 3.8) is 0 Å². The second-order valence-electron chi connectivity index (χ2n) is 4.87. The Bertz CT molecular complexity index is 632. The predicted molar refractivity (Wildman–Crippen MR) is 70.8 cm³/mol. The summed E-state index contributed by atoms with van der Waals surface area (Å²) in [6, 6.07) is 8.80. The van der Waals surface area contributed by atoms with Crippen LogP contribution in [0.3, 0.4) is 0 Å². The van der Waals surface area contributed by atoms with Crippen molar-refractivity contribution in [2.24, 2.45) is 0 Å². The van der Waals surface area contributed by atoms with Crippen LogP contribution in [0.2, 0.25) is 0 Å². The second kappa shape index (κ2) is 4.97. The molecule has 0 amide bonds. The van der Waals surface area contributed by atoms with Crippen molar-refractivity contribution in [3.05, 3.63) is 36.1 Å². The molecule has 1 saturated heterocycles. The highest BCUT2D eigenvalue weighted by Crippen LogP contribution is 2.25. The summed E-state index contributed by atoms with van der Waals surface area (Å²) in [7, 11) is 2.04. The number of carbonyl (C=O) groups is 1. The van der Waals surface area contributed by atoms with E-state index in [2.05, 4.69) is 10.1 Å². The number of aromatic nitrogens is 1. The summed E-state index contributed by atoms with van der Waals surface area (Å²) < 4.78 is 10.6. The van der Waals surface area contributed by atoms with Crippen molar-refractivity contribution < 1.29 is 19.2 Å². The molecule has 1 aromatic heterocycles. The molecule has 2 aromatic rings. The summed E-state index contributed by atoms with van der Waals surface area (Å²) in [5, 5.41) is 12.6. The zero-order valence-corrected chi connectivity index (χ0v) is 10.9. The van der Waals surface area contributed by atoms with E-state index in [4.69, 9.17) is 14.4 Å². The van der Waals surface area contributed by atoms with Gasteiger partial charge in [0.05, 0.1) is 0 Å². The van der Waals surface area contributed by atoms with Gasteiger partial charge in [-0.3, -0.25) is 4.90 Å². The maximum absolute atomic E-state index is 10.8. The number of carboxylic acid groups (broad SMARTS) is 1. The third kappa shape index (κ3) is 2.50. The highest BCUT2D eigenvalue weighted by molar-refractivity contribution is 5.85. The molecule has 1 fully saturated rings. The molecule has 20 heavy (non-hydrogen) atoms. The molecule has 0 atom stereocenters. The second-order valence-corrected chi connectivity index (χ2v) is 4.87. The van der Waals surface area contributed by atoms with Crippen molar-refractivity contribution in [3.8, 4) is 17.0 Å². The summed E-state index contributed by atoms with van der Waals surface area (Å²) in [5.74, 6) is -0.555. The molecule has 0 radical (unpaired) electrons. The molecule has 0 aliphatic carbocycles. The zero-order chi connectivity index (χ0) is 14.1.